The van der Waals surface area contributed by atoms with E-state index in [4.69, 9.17) is 23.2 Å². The normalized spacial score (nSPS) is 13.0. The molecule has 2 heterocycles. The first-order valence-corrected chi connectivity index (χ1v) is 7.99. The summed E-state index contributed by atoms with van der Waals surface area (Å²) in [6.45, 7) is 6.30. The lowest BCUT2D eigenvalue weighted by Gasteiger charge is -2.19. The summed E-state index contributed by atoms with van der Waals surface area (Å²) < 4.78 is 1.69. The molecule has 22 heavy (non-hydrogen) atoms. The van der Waals surface area contributed by atoms with Gasteiger partial charge in [0, 0.05) is 22.7 Å². The van der Waals surface area contributed by atoms with Gasteiger partial charge in [0.15, 0.2) is 5.65 Å². The Morgan fingerprint density at radius 2 is 1.73 bits per heavy atom. The number of halogens is 2. The SMILES string of the molecule is Cc1cc(Cl)n2nc(C(c3ccc(Cl)cc3)C(C)C)cc2n1. The van der Waals surface area contributed by atoms with Crippen molar-refractivity contribution in [2.24, 2.45) is 5.92 Å². The van der Waals surface area contributed by atoms with Crippen LogP contribution in [0.5, 0.6) is 0 Å². The molecule has 0 aliphatic rings. The van der Waals surface area contributed by atoms with Crippen molar-refractivity contribution in [1.82, 2.24) is 14.6 Å². The van der Waals surface area contributed by atoms with Crippen LogP contribution in [0.2, 0.25) is 10.2 Å². The molecule has 0 amide bonds. The van der Waals surface area contributed by atoms with Crippen LogP contribution in [0.1, 0.15) is 36.7 Å². The van der Waals surface area contributed by atoms with E-state index in [-0.39, 0.29) is 5.92 Å². The zero-order chi connectivity index (χ0) is 15.9. The Morgan fingerprint density at radius 3 is 2.36 bits per heavy atom. The molecule has 2 aromatic heterocycles. The number of nitrogens with zero attached hydrogens (tertiary/aromatic N) is 3. The van der Waals surface area contributed by atoms with Crippen molar-refractivity contribution in [2.45, 2.75) is 26.7 Å². The highest BCUT2D eigenvalue weighted by molar-refractivity contribution is 6.30. The molecule has 0 N–H and O–H groups in total. The number of hydrogen-bond acceptors (Lipinski definition) is 2. The van der Waals surface area contributed by atoms with E-state index in [0.29, 0.717) is 11.1 Å². The zero-order valence-corrected chi connectivity index (χ0v) is 14.2. The van der Waals surface area contributed by atoms with Gasteiger partial charge < -0.3 is 0 Å². The van der Waals surface area contributed by atoms with Crippen molar-refractivity contribution in [1.29, 1.82) is 0 Å². The lowest BCUT2D eigenvalue weighted by atomic mass is 9.86. The average molecular weight is 334 g/mol. The second kappa shape index (κ2) is 5.90. The maximum Gasteiger partial charge on any atom is 0.157 e. The summed E-state index contributed by atoms with van der Waals surface area (Å²) in [6, 6.07) is 11.8. The average Bonchev–Trinajstić information content (AvgIpc) is 2.84. The van der Waals surface area contributed by atoms with Crippen LogP contribution in [-0.4, -0.2) is 14.6 Å². The molecule has 0 spiro atoms. The predicted molar refractivity (Wildman–Crippen MR) is 90.9 cm³/mol. The van der Waals surface area contributed by atoms with Gasteiger partial charge in [-0.25, -0.2) is 9.50 Å². The van der Waals surface area contributed by atoms with Crippen LogP contribution in [0.4, 0.5) is 0 Å². The number of aryl methyl sites for hydroxylation is 1. The molecule has 5 heteroatoms. The van der Waals surface area contributed by atoms with Crippen LogP contribution in [-0.2, 0) is 0 Å². The highest BCUT2D eigenvalue weighted by Gasteiger charge is 2.22. The van der Waals surface area contributed by atoms with Crippen molar-refractivity contribution in [3.63, 3.8) is 0 Å². The minimum Gasteiger partial charge on any atom is -0.234 e. The maximum atomic E-state index is 6.27. The summed E-state index contributed by atoms with van der Waals surface area (Å²) in [6.07, 6.45) is 0. The molecule has 3 aromatic rings. The minimum atomic E-state index is 0.176. The third-order valence-electron chi connectivity index (χ3n) is 3.75. The summed E-state index contributed by atoms with van der Waals surface area (Å²) in [5.41, 5.74) is 3.82. The molecule has 0 saturated heterocycles. The van der Waals surface area contributed by atoms with Crippen molar-refractivity contribution in [3.8, 4) is 0 Å². The van der Waals surface area contributed by atoms with Gasteiger partial charge in [-0.2, -0.15) is 5.10 Å². The van der Waals surface area contributed by atoms with Gasteiger partial charge in [-0.15, -0.1) is 0 Å². The van der Waals surface area contributed by atoms with Gasteiger partial charge in [-0.3, -0.25) is 0 Å². The van der Waals surface area contributed by atoms with E-state index in [1.54, 1.807) is 4.52 Å². The monoisotopic (exact) mass is 333 g/mol. The Balaban J connectivity index is 2.13. The summed E-state index contributed by atoms with van der Waals surface area (Å²) >= 11 is 12.3. The van der Waals surface area contributed by atoms with Crippen molar-refractivity contribution in [2.75, 3.05) is 0 Å². The zero-order valence-electron chi connectivity index (χ0n) is 12.7. The summed E-state index contributed by atoms with van der Waals surface area (Å²) in [7, 11) is 0. The first kappa shape index (κ1) is 15.3. The number of hydrogen-bond donors (Lipinski definition) is 0. The molecule has 0 aliphatic heterocycles. The van der Waals surface area contributed by atoms with E-state index in [1.807, 2.05) is 31.2 Å². The van der Waals surface area contributed by atoms with Crippen LogP contribution < -0.4 is 0 Å². The summed E-state index contributed by atoms with van der Waals surface area (Å²) in [4.78, 5) is 4.50. The highest BCUT2D eigenvalue weighted by atomic mass is 35.5. The molecule has 3 rings (SSSR count). The van der Waals surface area contributed by atoms with E-state index in [0.717, 1.165) is 22.1 Å². The predicted octanol–water partition coefficient (Wildman–Crippen LogP) is 5.13. The summed E-state index contributed by atoms with van der Waals surface area (Å²) in [5.74, 6) is 0.571. The van der Waals surface area contributed by atoms with Crippen LogP contribution in [0.3, 0.4) is 0 Å². The van der Waals surface area contributed by atoms with Crippen LogP contribution in [0, 0.1) is 12.8 Å². The van der Waals surface area contributed by atoms with Crippen molar-refractivity contribution >= 4 is 28.8 Å². The van der Waals surface area contributed by atoms with Crippen molar-refractivity contribution < 1.29 is 0 Å². The third kappa shape index (κ3) is 2.83. The Bertz CT molecular complexity index is 807. The van der Waals surface area contributed by atoms with Gasteiger partial charge in [0.05, 0.1) is 5.69 Å². The van der Waals surface area contributed by atoms with Gasteiger partial charge in [0.25, 0.3) is 0 Å². The Labute approximate surface area is 139 Å². The topological polar surface area (TPSA) is 30.2 Å². The van der Waals surface area contributed by atoms with Crippen LogP contribution >= 0.6 is 23.2 Å². The minimum absolute atomic E-state index is 0.176. The molecule has 1 aromatic carbocycles. The lowest BCUT2D eigenvalue weighted by Crippen LogP contribution is -2.09. The Hall–Kier alpha value is -1.58. The van der Waals surface area contributed by atoms with Gasteiger partial charge in [-0.1, -0.05) is 49.2 Å². The number of rotatable bonds is 3. The first-order chi connectivity index (χ1) is 10.5. The Morgan fingerprint density at radius 1 is 1.05 bits per heavy atom. The van der Waals surface area contributed by atoms with Gasteiger partial charge >= 0.3 is 0 Å². The van der Waals surface area contributed by atoms with Gasteiger partial charge in [0.2, 0.25) is 0 Å². The van der Waals surface area contributed by atoms with E-state index in [1.165, 1.54) is 5.56 Å². The van der Waals surface area contributed by atoms with Gasteiger partial charge in [0.1, 0.15) is 5.15 Å². The number of aromatic nitrogens is 3. The lowest BCUT2D eigenvalue weighted by molar-refractivity contribution is 0.549. The fourth-order valence-corrected chi connectivity index (χ4v) is 3.20. The molecule has 1 atom stereocenters. The number of benzene rings is 1. The van der Waals surface area contributed by atoms with E-state index < -0.39 is 0 Å². The van der Waals surface area contributed by atoms with E-state index >= 15 is 0 Å². The molecule has 0 radical (unpaired) electrons. The molecule has 0 aliphatic carbocycles. The molecule has 0 fully saturated rings. The molecule has 0 saturated carbocycles. The fraction of sp³-hybridized carbons (Fsp3) is 0.294. The van der Waals surface area contributed by atoms with E-state index in [2.05, 4.69) is 36.1 Å². The first-order valence-electron chi connectivity index (χ1n) is 7.24. The molecule has 3 nitrogen and oxygen atoms in total. The second-order valence-electron chi connectivity index (χ2n) is 5.83. The van der Waals surface area contributed by atoms with E-state index in [9.17, 15) is 0 Å². The molecular formula is C17H17Cl2N3. The smallest absolute Gasteiger partial charge is 0.157 e. The van der Waals surface area contributed by atoms with Crippen molar-refractivity contribution in [3.05, 3.63) is 63.5 Å². The van der Waals surface area contributed by atoms with Gasteiger partial charge in [-0.05, 0) is 36.6 Å². The second-order valence-corrected chi connectivity index (χ2v) is 6.66. The number of fused-ring (bicyclic) bond motifs is 1. The molecule has 0 bridgehead atoms. The Kier molecular flexibility index (Phi) is 4.11. The maximum absolute atomic E-state index is 6.27. The highest BCUT2D eigenvalue weighted by Crippen LogP contribution is 2.32. The van der Waals surface area contributed by atoms with Crippen LogP contribution in [0.15, 0.2) is 36.4 Å². The standard InChI is InChI=1S/C17H17Cl2N3/c1-10(2)17(12-4-6-13(18)7-5-12)14-9-16-20-11(3)8-15(19)22(16)21-14/h4-10,17H,1-3H3. The fourth-order valence-electron chi connectivity index (χ4n) is 2.79. The molecular weight excluding hydrogens is 317 g/mol. The third-order valence-corrected chi connectivity index (χ3v) is 4.27. The molecule has 1 unspecified atom stereocenters. The quantitative estimate of drug-likeness (QED) is 0.621. The van der Waals surface area contributed by atoms with Crippen LogP contribution in [0.25, 0.3) is 5.65 Å². The largest absolute Gasteiger partial charge is 0.234 e. The summed E-state index contributed by atoms with van der Waals surface area (Å²) in [5, 5.41) is 5.98. The molecule has 114 valence electrons.